The van der Waals surface area contributed by atoms with Crippen LogP contribution in [0.1, 0.15) is 34.1 Å². The molecule has 118 valence electrons. The van der Waals surface area contributed by atoms with Crippen molar-refractivity contribution >= 4 is 11.5 Å². The molecular weight excluding hydrogens is 266 g/mol. The molecule has 2 rings (SSSR count). The summed E-state index contributed by atoms with van der Waals surface area (Å²) in [7, 11) is 0. The van der Waals surface area contributed by atoms with Gasteiger partial charge in [-0.2, -0.15) is 4.98 Å². The third kappa shape index (κ3) is 3.75. The maximum atomic E-state index is 6.17. The zero-order chi connectivity index (χ0) is 15.5. The van der Waals surface area contributed by atoms with Crippen LogP contribution in [0.5, 0.6) is 5.88 Å². The third-order valence-corrected chi connectivity index (χ3v) is 3.80. The minimum absolute atomic E-state index is 0.207. The monoisotopic (exact) mass is 293 g/mol. The Bertz CT molecular complexity index is 464. The summed E-state index contributed by atoms with van der Waals surface area (Å²) in [6.45, 7) is 13.3. The van der Waals surface area contributed by atoms with E-state index < -0.39 is 0 Å². The molecule has 0 aliphatic carbocycles. The van der Waals surface area contributed by atoms with Gasteiger partial charge in [-0.05, 0) is 27.2 Å². The van der Waals surface area contributed by atoms with E-state index in [1.807, 2.05) is 0 Å². The molecule has 1 aromatic rings. The van der Waals surface area contributed by atoms with Gasteiger partial charge in [0.25, 0.3) is 0 Å². The van der Waals surface area contributed by atoms with E-state index in [0.717, 1.165) is 38.4 Å². The van der Waals surface area contributed by atoms with Crippen LogP contribution in [-0.2, 0) is 0 Å². The summed E-state index contributed by atoms with van der Waals surface area (Å²) in [5, 5.41) is 0. The highest BCUT2D eigenvalue weighted by molar-refractivity contribution is 5.67. The number of nitrogens with two attached hydrogens (primary N) is 1. The van der Waals surface area contributed by atoms with Crippen LogP contribution < -0.4 is 15.4 Å². The van der Waals surface area contributed by atoms with Gasteiger partial charge < -0.3 is 15.4 Å². The van der Waals surface area contributed by atoms with Gasteiger partial charge in [0.05, 0.1) is 6.61 Å². The van der Waals surface area contributed by atoms with Gasteiger partial charge in [-0.1, -0.05) is 6.92 Å². The van der Waals surface area contributed by atoms with Gasteiger partial charge in [0.15, 0.2) is 5.82 Å². The molecule has 0 aromatic carbocycles. The van der Waals surface area contributed by atoms with Gasteiger partial charge >= 0.3 is 0 Å². The van der Waals surface area contributed by atoms with Crippen molar-refractivity contribution in [2.24, 2.45) is 0 Å². The van der Waals surface area contributed by atoms with Gasteiger partial charge in [0.1, 0.15) is 12.0 Å². The molecule has 1 aliphatic heterocycles. The molecule has 6 heteroatoms. The van der Waals surface area contributed by atoms with Crippen molar-refractivity contribution in [2.75, 3.05) is 43.4 Å². The molecule has 1 aromatic heterocycles. The van der Waals surface area contributed by atoms with Crippen LogP contribution in [0.4, 0.5) is 11.5 Å². The molecule has 1 fully saturated rings. The Balaban J connectivity index is 2.06. The fraction of sp³-hybridized carbons (Fsp3) is 0.733. The first kappa shape index (κ1) is 15.8. The molecule has 21 heavy (non-hydrogen) atoms. The van der Waals surface area contributed by atoms with Crippen LogP contribution in [0.25, 0.3) is 0 Å². The largest absolute Gasteiger partial charge is 0.476 e. The average Bonchev–Trinajstić information content (AvgIpc) is 2.45. The van der Waals surface area contributed by atoms with Crippen LogP contribution in [0.3, 0.4) is 0 Å². The summed E-state index contributed by atoms with van der Waals surface area (Å²) < 4.78 is 5.58. The summed E-state index contributed by atoms with van der Waals surface area (Å²) in [6.07, 6.45) is 2.47. The quantitative estimate of drug-likeness (QED) is 0.912. The van der Waals surface area contributed by atoms with E-state index in [1.165, 1.54) is 6.33 Å². The predicted molar refractivity (Wildman–Crippen MR) is 85.8 cm³/mol. The summed E-state index contributed by atoms with van der Waals surface area (Å²) in [6, 6.07) is 0. The lowest BCUT2D eigenvalue weighted by Gasteiger charge is -2.42. The van der Waals surface area contributed by atoms with Crippen molar-refractivity contribution in [3.63, 3.8) is 0 Å². The van der Waals surface area contributed by atoms with Crippen LogP contribution in [0.15, 0.2) is 6.33 Å². The van der Waals surface area contributed by atoms with Crippen molar-refractivity contribution in [1.29, 1.82) is 0 Å². The summed E-state index contributed by atoms with van der Waals surface area (Å²) in [5.74, 6) is 1.30. The highest BCUT2D eigenvalue weighted by Crippen LogP contribution is 2.29. The van der Waals surface area contributed by atoms with Crippen molar-refractivity contribution in [3.05, 3.63) is 6.33 Å². The van der Waals surface area contributed by atoms with E-state index in [2.05, 4.69) is 47.5 Å². The highest BCUT2D eigenvalue weighted by atomic mass is 16.5. The van der Waals surface area contributed by atoms with E-state index in [-0.39, 0.29) is 5.54 Å². The van der Waals surface area contributed by atoms with Gasteiger partial charge in [0.2, 0.25) is 5.88 Å². The molecule has 0 spiro atoms. The summed E-state index contributed by atoms with van der Waals surface area (Å²) >= 11 is 0. The van der Waals surface area contributed by atoms with Gasteiger partial charge in [-0.15, -0.1) is 0 Å². The topological polar surface area (TPSA) is 67.5 Å². The Morgan fingerprint density at radius 3 is 2.43 bits per heavy atom. The standard InChI is InChI=1S/C15H27N5O/c1-5-10-21-14-12(16)13(17-11-18-14)19-6-8-20(9-7-19)15(2,3)4/h11H,5-10,16H2,1-4H3. The smallest absolute Gasteiger partial charge is 0.242 e. The van der Waals surface area contributed by atoms with Crippen LogP contribution in [0, 0.1) is 0 Å². The lowest BCUT2D eigenvalue weighted by Crippen LogP contribution is -2.53. The predicted octanol–water partition coefficient (Wildman–Crippen LogP) is 1.77. The summed E-state index contributed by atoms with van der Waals surface area (Å²) in [4.78, 5) is 13.2. The van der Waals surface area contributed by atoms with E-state index in [9.17, 15) is 0 Å². The number of hydrogen-bond acceptors (Lipinski definition) is 6. The Morgan fingerprint density at radius 2 is 1.86 bits per heavy atom. The molecule has 2 heterocycles. The molecule has 0 atom stereocenters. The number of nitrogen functional groups attached to an aromatic ring is 1. The average molecular weight is 293 g/mol. The van der Waals surface area contributed by atoms with Crippen LogP contribution in [-0.4, -0.2) is 53.2 Å². The number of ether oxygens (including phenoxy) is 1. The maximum Gasteiger partial charge on any atom is 0.242 e. The molecule has 0 radical (unpaired) electrons. The van der Waals surface area contributed by atoms with Crippen LogP contribution >= 0.6 is 0 Å². The van der Waals surface area contributed by atoms with Gasteiger partial charge in [-0.3, -0.25) is 4.90 Å². The minimum Gasteiger partial charge on any atom is -0.476 e. The Hall–Kier alpha value is -1.56. The zero-order valence-electron chi connectivity index (χ0n) is 13.6. The highest BCUT2D eigenvalue weighted by Gasteiger charge is 2.27. The number of piperazine rings is 1. The van der Waals surface area contributed by atoms with Crippen molar-refractivity contribution in [3.8, 4) is 5.88 Å². The van der Waals surface area contributed by atoms with Crippen molar-refractivity contribution < 1.29 is 4.74 Å². The minimum atomic E-state index is 0.207. The second-order valence-electron chi connectivity index (χ2n) is 6.41. The Kier molecular flexibility index (Phi) is 4.88. The third-order valence-electron chi connectivity index (χ3n) is 3.80. The number of nitrogens with zero attached hydrogens (tertiary/aromatic N) is 4. The van der Waals surface area contributed by atoms with Crippen molar-refractivity contribution in [1.82, 2.24) is 14.9 Å². The first-order valence-electron chi connectivity index (χ1n) is 7.66. The first-order valence-corrected chi connectivity index (χ1v) is 7.66. The number of hydrogen-bond donors (Lipinski definition) is 1. The first-order chi connectivity index (χ1) is 9.93. The Labute approximate surface area is 127 Å². The van der Waals surface area contributed by atoms with E-state index in [1.54, 1.807) is 0 Å². The second kappa shape index (κ2) is 6.47. The number of anilines is 2. The summed E-state index contributed by atoms with van der Waals surface area (Å²) in [5.41, 5.74) is 6.93. The van der Waals surface area contributed by atoms with Gasteiger partial charge in [-0.25, -0.2) is 4.98 Å². The van der Waals surface area contributed by atoms with Crippen molar-refractivity contribution in [2.45, 2.75) is 39.7 Å². The number of aromatic nitrogens is 2. The molecule has 1 saturated heterocycles. The second-order valence-corrected chi connectivity index (χ2v) is 6.41. The lowest BCUT2D eigenvalue weighted by molar-refractivity contribution is 0.128. The molecule has 0 saturated carbocycles. The zero-order valence-corrected chi connectivity index (χ0v) is 13.6. The van der Waals surface area contributed by atoms with E-state index >= 15 is 0 Å². The lowest BCUT2D eigenvalue weighted by atomic mass is 10.0. The normalized spacial score (nSPS) is 17.0. The SMILES string of the molecule is CCCOc1ncnc(N2CCN(C(C)(C)C)CC2)c1N. The molecule has 0 bridgehead atoms. The van der Waals surface area contributed by atoms with E-state index in [4.69, 9.17) is 10.5 Å². The Morgan fingerprint density at radius 1 is 1.19 bits per heavy atom. The molecule has 0 amide bonds. The molecule has 2 N–H and O–H groups in total. The molecular formula is C15H27N5O. The number of rotatable bonds is 4. The molecule has 6 nitrogen and oxygen atoms in total. The molecule has 1 aliphatic rings. The van der Waals surface area contributed by atoms with Crippen LogP contribution in [0.2, 0.25) is 0 Å². The van der Waals surface area contributed by atoms with Gasteiger partial charge in [0, 0.05) is 31.7 Å². The fourth-order valence-electron chi connectivity index (χ4n) is 2.53. The van der Waals surface area contributed by atoms with E-state index in [0.29, 0.717) is 18.2 Å². The maximum absolute atomic E-state index is 6.17. The fourth-order valence-corrected chi connectivity index (χ4v) is 2.53. The molecule has 0 unspecified atom stereocenters.